The molecule has 0 radical (unpaired) electrons. The fraction of sp³-hybridized carbons (Fsp3) is 0.250. The molecular formula is C16H19N5. The lowest BCUT2D eigenvalue weighted by atomic mass is 10.2. The van der Waals surface area contributed by atoms with Crippen LogP contribution in [-0.2, 0) is 0 Å². The largest absolute Gasteiger partial charge is 0.384 e. The number of hydrogen-bond donors (Lipinski definition) is 2. The Labute approximate surface area is 124 Å². The summed E-state index contributed by atoms with van der Waals surface area (Å²) < 4.78 is 0. The standard InChI is InChI=1S/C16H19N5/c17-16(18)13-6-7-19-15(12-13)21-10-8-20(9-11-21)14-4-2-1-3-5-14/h1-7,12H,8-11H2,(H3,17,18). The third-order valence-corrected chi connectivity index (χ3v) is 3.78. The number of anilines is 2. The molecule has 0 saturated carbocycles. The lowest BCUT2D eigenvalue weighted by Crippen LogP contribution is -2.46. The second-order valence-corrected chi connectivity index (χ2v) is 5.13. The Hall–Kier alpha value is -2.56. The normalized spacial score (nSPS) is 15.0. The van der Waals surface area contributed by atoms with Gasteiger partial charge in [0.2, 0.25) is 0 Å². The molecule has 0 bridgehead atoms. The van der Waals surface area contributed by atoms with Gasteiger partial charge in [-0.25, -0.2) is 4.98 Å². The van der Waals surface area contributed by atoms with Crippen molar-refractivity contribution >= 4 is 17.3 Å². The van der Waals surface area contributed by atoms with E-state index in [2.05, 4.69) is 39.0 Å². The Kier molecular flexibility index (Phi) is 3.73. The number of nitrogen functional groups attached to an aromatic ring is 1. The van der Waals surface area contributed by atoms with Gasteiger partial charge in [0.1, 0.15) is 11.7 Å². The minimum atomic E-state index is 0.0848. The Morgan fingerprint density at radius 1 is 1.00 bits per heavy atom. The Morgan fingerprint density at radius 2 is 1.67 bits per heavy atom. The second-order valence-electron chi connectivity index (χ2n) is 5.13. The number of rotatable bonds is 3. The molecule has 0 spiro atoms. The monoisotopic (exact) mass is 281 g/mol. The summed E-state index contributed by atoms with van der Waals surface area (Å²) in [6.07, 6.45) is 1.72. The molecule has 5 heteroatoms. The van der Waals surface area contributed by atoms with E-state index < -0.39 is 0 Å². The van der Waals surface area contributed by atoms with Crippen molar-refractivity contribution in [3.63, 3.8) is 0 Å². The first kappa shape index (κ1) is 13.4. The van der Waals surface area contributed by atoms with Crippen LogP contribution in [0.3, 0.4) is 0 Å². The molecule has 3 rings (SSSR count). The first-order chi connectivity index (χ1) is 10.2. The molecule has 3 N–H and O–H groups in total. The lowest BCUT2D eigenvalue weighted by Gasteiger charge is -2.36. The quantitative estimate of drug-likeness (QED) is 0.663. The van der Waals surface area contributed by atoms with Gasteiger partial charge in [-0.05, 0) is 24.3 Å². The molecule has 1 saturated heterocycles. The van der Waals surface area contributed by atoms with E-state index in [1.54, 1.807) is 12.3 Å². The van der Waals surface area contributed by atoms with E-state index in [4.69, 9.17) is 11.1 Å². The van der Waals surface area contributed by atoms with Gasteiger partial charge < -0.3 is 15.5 Å². The van der Waals surface area contributed by atoms with Crippen molar-refractivity contribution in [2.45, 2.75) is 0 Å². The van der Waals surface area contributed by atoms with Crippen LogP contribution in [0.5, 0.6) is 0 Å². The predicted molar refractivity (Wildman–Crippen MR) is 86.1 cm³/mol. The summed E-state index contributed by atoms with van der Waals surface area (Å²) >= 11 is 0. The van der Waals surface area contributed by atoms with Crippen LogP contribution in [0.4, 0.5) is 11.5 Å². The third kappa shape index (κ3) is 2.97. The van der Waals surface area contributed by atoms with Crippen molar-refractivity contribution in [3.8, 4) is 0 Å². The summed E-state index contributed by atoms with van der Waals surface area (Å²) in [5.74, 6) is 0.983. The van der Waals surface area contributed by atoms with Gasteiger partial charge >= 0.3 is 0 Å². The number of hydrogen-bond acceptors (Lipinski definition) is 4. The zero-order chi connectivity index (χ0) is 14.7. The van der Waals surface area contributed by atoms with Crippen LogP contribution in [0, 0.1) is 5.41 Å². The van der Waals surface area contributed by atoms with Gasteiger partial charge in [-0.2, -0.15) is 0 Å². The summed E-state index contributed by atoms with van der Waals surface area (Å²) in [5.41, 5.74) is 7.53. The molecule has 0 unspecified atom stereocenters. The molecular weight excluding hydrogens is 262 g/mol. The number of piperazine rings is 1. The van der Waals surface area contributed by atoms with Gasteiger partial charge in [0.25, 0.3) is 0 Å². The van der Waals surface area contributed by atoms with Crippen molar-refractivity contribution in [2.24, 2.45) is 5.73 Å². The summed E-state index contributed by atoms with van der Waals surface area (Å²) in [5, 5.41) is 7.51. The van der Waals surface area contributed by atoms with Gasteiger partial charge in [0.15, 0.2) is 0 Å². The smallest absolute Gasteiger partial charge is 0.129 e. The van der Waals surface area contributed by atoms with Crippen LogP contribution in [0.15, 0.2) is 48.7 Å². The van der Waals surface area contributed by atoms with Crippen molar-refractivity contribution in [2.75, 3.05) is 36.0 Å². The van der Waals surface area contributed by atoms with Crippen LogP contribution in [0.2, 0.25) is 0 Å². The number of benzene rings is 1. The van der Waals surface area contributed by atoms with Crippen LogP contribution in [0.25, 0.3) is 0 Å². The Morgan fingerprint density at radius 3 is 2.33 bits per heavy atom. The number of pyridine rings is 1. The molecule has 0 amide bonds. The SMILES string of the molecule is N=C(N)c1ccnc(N2CCN(c3ccccc3)CC2)c1. The van der Waals surface area contributed by atoms with E-state index in [0.29, 0.717) is 0 Å². The van der Waals surface area contributed by atoms with Gasteiger partial charge in [0.05, 0.1) is 0 Å². The van der Waals surface area contributed by atoms with E-state index in [1.807, 2.05) is 12.1 Å². The molecule has 2 aromatic rings. The molecule has 108 valence electrons. The highest BCUT2D eigenvalue weighted by Crippen LogP contribution is 2.19. The molecule has 21 heavy (non-hydrogen) atoms. The van der Waals surface area contributed by atoms with Crippen molar-refractivity contribution in [1.82, 2.24) is 4.98 Å². The molecule has 1 aliphatic heterocycles. The van der Waals surface area contributed by atoms with Crippen LogP contribution in [-0.4, -0.2) is 37.0 Å². The Balaban J connectivity index is 1.68. The fourth-order valence-corrected chi connectivity index (χ4v) is 2.59. The molecule has 1 fully saturated rings. The first-order valence-corrected chi connectivity index (χ1v) is 7.09. The minimum absolute atomic E-state index is 0.0848. The molecule has 1 aromatic carbocycles. The molecule has 1 aliphatic rings. The summed E-state index contributed by atoms with van der Waals surface area (Å²) in [4.78, 5) is 9.02. The number of nitrogens with zero attached hydrogens (tertiary/aromatic N) is 3. The zero-order valence-electron chi connectivity index (χ0n) is 11.9. The van der Waals surface area contributed by atoms with Gasteiger partial charge in [0, 0.05) is 43.6 Å². The summed E-state index contributed by atoms with van der Waals surface area (Å²) in [6, 6.07) is 14.1. The lowest BCUT2D eigenvalue weighted by molar-refractivity contribution is 0.647. The van der Waals surface area contributed by atoms with E-state index in [1.165, 1.54) is 5.69 Å². The number of amidine groups is 1. The van der Waals surface area contributed by atoms with Crippen molar-refractivity contribution in [3.05, 3.63) is 54.2 Å². The average Bonchev–Trinajstić information content (AvgIpc) is 2.56. The topological polar surface area (TPSA) is 69.2 Å². The second kappa shape index (κ2) is 5.83. The van der Waals surface area contributed by atoms with Gasteiger partial charge in [-0.1, -0.05) is 18.2 Å². The molecule has 1 aromatic heterocycles. The van der Waals surface area contributed by atoms with E-state index in [9.17, 15) is 0 Å². The summed E-state index contributed by atoms with van der Waals surface area (Å²) in [6.45, 7) is 3.78. The first-order valence-electron chi connectivity index (χ1n) is 7.09. The highest BCUT2D eigenvalue weighted by molar-refractivity contribution is 5.95. The maximum absolute atomic E-state index is 7.51. The average molecular weight is 281 g/mol. The molecule has 0 aliphatic carbocycles. The van der Waals surface area contributed by atoms with E-state index in [-0.39, 0.29) is 5.84 Å². The molecule has 2 heterocycles. The van der Waals surface area contributed by atoms with Crippen LogP contribution < -0.4 is 15.5 Å². The van der Waals surface area contributed by atoms with Gasteiger partial charge in [-0.3, -0.25) is 5.41 Å². The summed E-state index contributed by atoms with van der Waals surface area (Å²) in [7, 11) is 0. The highest BCUT2D eigenvalue weighted by atomic mass is 15.3. The fourth-order valence-electron chi connectivity index (χ4n) is 2.59. The highest BCUT2D eigenvalue weighted by Gasteiger charge is 2.18. The zero-order valence-corrected chi connectivity index (χ0v) is 11.9. The third-order valence-electron chi connectivity index (χ3n) is 3.78. The number of nitrogens with two attached hydrogens (primary N) is 1. The number of aromatic nitrogens is 1. The maximum atomic E-state index is 7.51. The van der Waals surface area contributed by atoms with Crippen molar-refractivity contribution < 1.29 is 0 Å². The molecule has 0 atom stereocenters. The van der Waals surface area contributed by atoms with Gasteiger partial charge in [-0.15, -0.1) is 0 Å². The van der Waals surface area contributed by atoms with E-state index in [0.717, 1.165) is 37.6 Å². The predicted octanol–water partition coefficient (Wildman–Crippen LogP) is 1.69. The van der Waals surface area contributed by atoms with Crippen LogP contribution >= 0.6 is 0 Å². The minimum Gasteiger partial charge on any atom is -0.384 e. The van der Waals surface area contributed by atoms with Crippen LogP contribution in [0.1, 0.15) is 5.56 Å². The molecule has 5 nitrogen and oxygen atoms in total. The number of para-hydroxylation sites is 1. The maximum Gasteiger partial charge on any atom is 0.129 e. The van der Waals surface area contributed by atoms with E-state index >= 15 is 0 Å². The van der Waals surface area contributed by atoms with Crippen molar-refractivity contribution in [1.29, 1.82) is 5.41 Å². The number of nitrogens with one attached hydrogen (secondary N) is 1. The Bertz CT molecular complexity index is 618.